The molecule has 0 saturated carbocycles. The SMILES string of the molecule is C=C(C)C(Cc1c2occc2c(OC)c2ccc(=O)oc12)OO. The van der Waals surface area contributed by atoms with Gasteiger partial charge in [0.05, 0.1) is 24.1 Å². The number of hydrogen-bond donors (Lipinski definition) is 1. The summed E-state index contributed by atoms with van der Waals surface area (Å²) < 4.78 is 16.4. The van der Waals surface area contributed by atoms with Gasteiger partial charge in [-0.15, -0.1) is 0 Å². The van der Waals surface area contributed by atoms with E-state index < -0.39 is 11.7 Å². The van der Waals surface area contributed by atoms with Gasteiger partial charge in [0.2, 0.25) is 0 Å². The van der Waals surface area contributed by atoms with Gasteiger partial charge in [0, 0.05) is 18.1 Å². The number of hydrogen-bond acceptors (Lipinski definition) is 6. The van der Waals surface area contributed by atoms with E-state index in [1.807, 2.05) is 0 Å². The van der Waals surface area contributed by atoms with Crippen LogP contribution in [0.1, 0.15) is 12.5 Å². The molecule has 6 heteroatoms. The molecule has 0 saturated heterocycles. The molecular weight excluding hydrogens is 300 g/mol. The molecule has 2 heterocycles. The van der Waals surface area contributed by atoms with E-state index in [9.17, 15) is 4.79 Å². The van der Waals surface area contributed by atoms with E-state index in [0.717, 1.165) is 5.39 Å². The highest BCUT2D eigenvalue weighted by Crippen LogP contribution is 2.39. The van der Waals surface area contributed by atoms with E-state index in [0.29, 0.717) is 33.4 Å². The van der Waals surface area contributed by atoms with Crippen molar-refractivity contribution >= 4 is 21.9 Å². The smallest absolute Gasteiger partial charge is 0.336 e. The second-order valence-corrected chi connectivity index (χ2v) is 5.32. The van der Waals surface area contributed by atoms with Gasteiger partial charge in [-0.3, -0.25) is 5.26 Å². The van der Waals surface area contributed by atoms with Crippen molar-refractivity contribution in [2.24, 2.45) is 0 Å². The van der Waals surface area contributed by atoms with Crippen molar-refractivity contribution in [3.8, 4) is 5.75 Å². The molecule has 1 unspecified atom stereocenters. The second kappa shape index (κ2) is 5.91. The highest BCUT2D eigenvalue weighted by molar-refractivity contribution is 6.04. The van der Waals surface area contributed by atoms with E-state index in [1.54, 1.807) is 26.2 Å². The molecular formula is C17H16O6. The molecule has 3 aromatic rings. The number of ether oxygens (including phenoxy) is 1. The minimum absolute atomic E-state index is 0.239. The summed E-state index contributed by atoms with van der Waals surface area (Å²) in [5.41, 5.74) is 1.63. The van der Waals surface area contributed by atoms with Crippen molar-refractivity contribution in [1.82, 2.24) is 0 Å². The first-order valence-electron chi connectivity index (χ1n) is 7.02. The summed E-state index contributed by atoms with van der Waals surface area (Å²) in [7, 11) is 1.54. The zero-order valence-electron chi connectivity index (χ0n) is 12.8. The van der Waals surface area contributed by atoms with E-state index >= 15 is 0 Å². The molecule has 1 aromatic carbocycles. The molecule has 0 amide bonds. The molecule has 23 heavy (non-hydrogen) atoms. The van der Waals surface area contributed by atoms with Crippen LogP contribution in [0.3, 0.4) is 0 Å². The maximum atomic E-state index is 11.7. The number of methoxy groups -OCH3 is 1. The van der Waals surface area contributed by atoms with Gasteiger partial charge in [-0.05, 0) is 24.6 Å². The highest BCUT2D eigenvalue weighted by Gasteiger charge is 2.23. The molecule has 3 rings (SSSR count). The lowest BCUT2D eigenvalue weighted by molar-refractivity contribution is -0.267. The van der Waals surface area contributed by atoms with Crippen LogP contribution in [-0.4, -0.2) is 18.5 Å². The molecule has 1 atom stereocenters. The lowest BCUT2D eigenvalue weighted by atomic mass is 9.98. The van der Waals surface area contributed by atoms with Crippen LogP contribution in [-0.2, 0) is 11.3 Å². The van der Waals surface area contributed by atoms with E-state index in [1.165, 1.54) is 12.3 Å². The van der Waals surface area contributed by atoms with Gasteiger partial charge in [-0.1, -0.05) is 6.58 Å². The average Bonchev–Trinajstić information content (AvgIpc) is 3.00. The molecule has 6 nitrogen and oxygen atoms in total. The van der Waals surface area contributed by atoms with Crippen LogP contribution in [0.15, 0.2) is 50.2 Å². The summed E-state index contributed by atoms with van der Waals surface area (Å²) >= 11 is 0. The predicted molar refractivity (Wildman–Crippen MR) is 84.8 cm³/mol. The van der Waals surface area contributed by atoms with Gasteiger partial charge in [0.25, 0.3) is 0 Å². The Morgan fingerprint density at radius 3 is 2.70 bits per heavy atom. The van der Waals surface area contributed by atoms with E-state index in [-0.39, 0.29) is 6.42 Å². The monoisotopic (exact) mass is 316 g/mol. The van der Waals surface area contributed by atoms with Gasteiger partial charge < -0.3 is 13.6 Å². The molecule has 0 aliphatic heterocycles. The van der Waals surface area contributed by atoms with Gasteiger partial charge in [0.1, 0.15) is 23.0 Å². The minimum Gasteiger partial charge on any atom is -0.495 e. The van der Waals surface area contributed by atoms with Crippen LogP contribution in [0.5, 0.6) is 5.75 Å². The van der Waals surface area contributed by atoms with Crippen LogP contribution in [0, 0.1) is 0 Å². The molecule has 0 spiro atoms. The highest BCUT2D eigenvalue weighted by atomic mass is 17.1. The van der Waals surface area contributed by atoms with Crippen LogP contribution in [0.2, 0.25) is 0 Å². The summed E-state index contributed by atoms with van der Waals surface area (Å²) in [5.74, 6) is 0.563. The van der Waals surface area contributed by atoms with Crippen LogP contribution >= 0.6 is 0 Å². The Hall–Kier alpha value is -2.57. The predicted octanol–water partition coefficient (Wildman–Crippen LogP) is 3.52. The fourth-order valence-corrected chi connectivity index (χ4v) is 2.68. The van der Waals surface area contributed by atoms with Gasteiger partial charge >= 0.3 is 5.63 Å². The Morgan fingerprint density at radius 2 is 2.04 bits per heavy atom. The standard InChI is InChI=1S/C17H16O6/c1-9(2)13(23-19)8-12-16-11(6-7-21-16)15(20-3)10-4-5-14(18)22-17(10)12/h4-7,13,19H,1,8H2,2-3H3. The Morgan fingerprint density at radius 1 is 1.30 bits per heavy atom. The van der Waals surface area contributed by atoms with Gasteiger partial charge in [-0.2, -0.15) is 0 Å². The summed E-state index contributed by atoms with van der Waals surface area (Å²) in [5, 5.41) is 10.5. The van der Waals surface area contributed by atoms with Crippen LogP contribution in [0.4, 0.5) is 0 Å². The number of benzene rings is 1. The first-order valence-corrected chi connectivity index (χ1v) is 7.02. The Bertz CT molecular complexity index is 933. The van der Waals surface area contributed by atoms with Gasteiger partial charge in [0.15, 0.2) is 0 Å². The average molecular weight is 316 g/mol. The van der Waals surface area contributed by atoms with Crippen LogP contribution in [0.25, 0.3) is 21.9 Å². The molecule has 0 aliphatic rings. The lowest BCUT2D eigenvalue weighted by Crippen LogP contribution is -2.16. The van der Waals surface area contributed by atoms with Gasteiger partial charge in [-0.25, -0.2) is 9.68 Å². The summed E-state index contributed by atoms with van der Waals surface area (Å²) in [4.78, 5) is 16.1. The third-order valence-corrected chi connectivity index (χ3v) is 3.81. The first kappa shape index (κ1) is 15.3. The molecule has 120 valence electrons. The fourth-order valence-electron chi connectivity index (χ4n) is 2.68. The normalized spacial score (nSPS) is 12.7. The Labute approximate surface area is 131 Å². The molecule has 0 radical (unpaired) electrons. The van der Waals surface area contributed by atoms with Crippen molar-refractivity contribution in [1.29, 1.82) is 0 Å². The van der Waals surface area contributed by atoms with Crippen molar-refractivity contribution in [2.75, 3.05) is 7.11 Å². The first-order chi connectivity index (χ1) is 11.1. The summed E-state index contributed by atoms with van der Waals surface area (Å²) in [6.45, 7) is 5.53. The third-order valence-electron chi connectivity index (χ3n) is 3.81. The number of furan rings is 1. The van der Waals surface area contributed by atoms with Crippen molar-refractivity contribution in [2.45, 2.75) is 19.4 Å². The maximum absolute atomic E-state index is 11.7. The van der Waals surface area contributed by atoms with Crippen LogP contribution < -0.4 is 10.4 Å². The van der Waals surface area contributed by atoms with E-state index in [4.69, 9.17) is 18.8 Å². The zero-order chi connectivity index (χ0) is 16.6. The molecule has 0 aliphatic carbocycles. The molecule has 1 N–H and O–H groups in total. The number of rotatable bonds is 5. The minimum atomic E-state index is -0.648. The maximum Gasteiger partial charge on any atom is 0.336 e. The summed E-state index contributed by atoms with van der Waals surface area (Å²) in [6, 6.07) is 4.75. The Kier molecular flexibility index (Phi) is 3.94. The fraction of sp³-hybridized carbons (Fsp3) is 0.235. The third kappa shape index (κ3) is 2.52. The second-order valence-electron chi connectivity index (χ2n) is 5.32. The van der Waals surface area contributed by atoms with Crippen molar-refractivity contribution in [3.63, 3.8) is 0 Å². The van der Waals surface area contributed by atoms with E-state index in [2.05, 4.69) is 11.5 Å². The quantitative estimate of drug-likeness (QED) is 0.336. The molecule has 0 fully saturated rings. The zero-order valence-corrected chi connectivity index (χ0v) is 12.8. The topological polar surface area (TPSA) is 82.0 Å². The summed E-state index contributed by atoms with van der Waals surface area (Å²) in [6.07, 6.45) is 1.12. The largest absolute Gasteiger partial charge is 0.495 e. The molecule has 2 aromatic heterocycles. The molecule has 0 bridgehead atoms. The Balaban J connectivity index is 2.37. The lowest BCUT2D eigenvalue weighted by Gasteiger charge is -2.15. The van der Waals surface area contributed by atoms with Crippen molar-refractivity contribution < 1.29 is 23.7 Å². The van der Waals surface area contributed by atoms with Crippen molar-refractivity contribution in [3.05, 3.63) is 52.6 Å². The number of fused-ring (bicyclic) bond motifs is 2.